The lowest BCUT2D eigenvalue weighted by atomic mass is 10.3. The molecule has 0 radical (unpaired) electrons. The van der Waals surface area contributed by atoms with Crippen molar-refractivity contribution in [1.29, 1.82) is 0 Å². The molecule has 1 aliphatic heterocycles. The number of nitrogens with zero attached hydrogens (tertiary/aromatic N) is 3. The second kappa shape index (κ2) is 8.43. The Labute approximate surface area is 151 Å². The van der Waals surface area contributed by atoms with E-state index in [1.807, 2.05) is 6.92 Å². The number of nitrogens with one attached hydrogen (secondary N) is 1. The highest BCUT2D eigenvalue weighted by Crippen LogP contribution is 2.24. The van der Waals surface area contributed by atoms with Crippen molar-refractivity contribution < 1.29 is 23.9 Å². The number of benzene rings is 1. The van der Waals surface area contributed by atoms with Crippen LogP contribution in [-0.2, 0) is 14.4 Å². The quantitative estimate of drug-likeness (QED) is 0.531. The van der Waals surface area contributed by atoms with Crippen molar-refractivity contribution in [3.63, 3.8) is 0 Å². The summed E-state index contributed by atoms with van der Waals surface area (Å²) in [5.74, 6) is -1.50. The molecule has 5 amide bonds. The van der Waals surface area contributed by atoms with E-state index in [1.165, 1.54) is 24.1 Å². The molecule has 0 unspecified atom stereocenters. The predicted octanol–water partition coefficient (Wildman–Crippen LogP) is 0.406. The van der Waals surface area contributed by atoms with Crippen LogP contribution in [-0.4, -0.2) is 67.5 Å². The van der Waals surface area contributed by atoms with E-state index in [-0.39, 0.29) is 24.8 Å². The Morgan fingerprint density at radius 2 is 1.81 bits per heavy atom. The van der Waals surface area contributed by atoms with Gasteiger partial charge in [-0.2, -0.15) is 0 Å². The molecule has 1 saturated heterocycles. The number of ether oxygens (including phenoxy) is 1. The standard InChI is InChI=1S/C17H22N4O5/c1-4-9-18-14(22)10-19(2)11-20-15(23)16(24)21(17(20)25)12-5-7-13(26-3)8-6-12/h5-8H,4,9-11H2,1-3H3,(H,18,22). The topological polar surface area (TPSA) is 99.3 Å². The molecule has 26 heavy (non-hydrogen) atoms. The molecular formula is C17H22N4O5. The highest BCUT2D eigenvalue weighted by molar-refractivity contribution is 6.52. The van der Waals surface area contributed by atoms with Gasteiger partial charge in [0.1, 0.15) is 5.75 Å². The van der Waals surface area contributed by atoms with E-state index >= 15 is 0 Å². The summed E-state index contributed by atoms with van der Waals surface area (Å²) < 4.78 is 5.04. The zero-order chi connectivity index (χ0) is 19.3. The molecule has 0 aromatic heterocycles. The van der Waals surface area contributed by atoms with Gasteiger partial charge in [0.15, 0.2) is 0 Å². The van der Waals surface area contributed by atoms with Gasteiger partial charge in [0.25, 0.3) is 0 Å². The molecule has 9 nitrogen and oxygen atoms in total. The number of urea groups is 1. The van der Waals surface area contributed by atoms with Gasteiger partial charge in [0.05, 0.1) is 26.0 Å². The SMILES string of the molecule is CCCNC(=O)CN(C)CN1C(=O)C(=O)N(c2ccc(OC)cc2)C1=O. The first-order valence-corrected chi connectivity index (χ1v) is 8.18. The van der Waals surface area contributed by atoms with Crippen molar-refractivity contribution in [2.75, 3.05) is 38.8 Å². The van der Waals surface area contributed by atoms with Crippen LogP contribution < -0.4 is 15.0 Å². The molecule has 9 heteroatoms. The van der Waals surface area contributed by atoms with Gasteiger partial charge >= 0.3 is 17.8 Å². The van der Waals surface area contributed by atoms with Crippen molar-refractivity contribution >= 4 is 29.4 Å². The molecular weight excluding hydrogens is 340 g/mol. The minimum absolute atomic E-state index is 0.00772. The Morgan fingerprint density at radius 3 is 2.38 bits per heavy atom. The molecule has 0 bridgehead atoms. The lowest BCUT2D eigenvalue weighted by Gasteiger charge is -2.22. The molecule has 1 aliphatic rings. The average molecular weight is 362 g/mol. The fourth-order valence-electron chi connectivity index (χ4n) is 2.45. The van der Waals surface area contributed by atoms with Crippen molar-refractivity contribution in [3.8, 4) is 5.75 Å². The van der Waals surface area contributed by atoms with Gasteiger partial charge < -0.3 is 10.1 Å². The first-order chi connectivity index (χ1) is 12.4. The molecule has 0 aliphatic carbocycles. The second-order valence-electron chi connectivity index (χ2n) is 5.86. The molecule has 1 aromatic rings. The third kappa shape index (κ3) is 4.17. The summed E-state index contributed by atoms with van der Waals surface area (Å²) in [5, 5.41) is 2.71. The van der Waals surface area contributed by atoms with Crippen LogP contribution in [0.15, 0.2) is 24.3 Å². The number of carbonyl (C=O) groups excluding carboxylic acids is 4. The summed E-state index contributed by atoms with van der Waals surface area (Å²) in [7, 11) is 3.09. The molecule has 0 saturated carbocycles. The number of hydrogen-bond donors (Lipinski definition) is 1. The maximum absolute atomic E-state index is 12.5. The first-order valence-electron chi connectivity index (χ1n) is 8.18. The van der Waals surface area contributed by atoms with E-state index in [4.69, 9.17) is 4.74 Å². The number of likely N-dealkylation sites (N-methyl/N-ethyl adjacent to an activating group) is 1. The third-order valence-electron chi connectivity index (χ3n) is 3.75. The maximum atomic E-state index is 12.5. The summed E-state index contributed by atoms with van der Waals surface area (Å²) in [6.07, 6.45) is 0.809. The van der Waals surface area contributed by atoms with E-state index in [0.29, 0.717) is 12.3 Å². The molecule has 0 atom stereocenters. The van der Waals surface area contributed by atoms with Crippen LogP contribution in [0.5, 0.6) is 5.75 Å². The average Bonchev–Trinajstić information content (AvgIpc) is 2.83. The fourth-order valence-corrected chi connectivity index (χ4v) is 2.45. The summed E-state index contributed by atoms with van der Waals surface area (Å²) in [5.41, 5.74) is 0.278. The van der Waals surface area contributed by atoms with Crippen molar-refractivity contribution in [1.82, 2.24) is 15.1 Å². The number of amides is 5. The number of imide groups is 2. The van der Waals surface area contributed by atoms with Gasteiger partial charge in [-0.05, 0) is 37.7 Å². The predicted molar refractivity (Wildman–Crippen MR) is 93.5 cm³/mol. The molecule has 1 fully saturated rings. The monoisotopic (exact) mass is 362 g/mol. The number of methoxy groups -OCH3 is 1. The van der Waals surface area contributed by atoms with Gasteiger partial charge in [-0.3, -0.25) is 19.3 Å². The highest BCUT2D eigenvalue weighted by atomic mass is 16.5. The normalized spacial score (nSPS) is 14.4. The summed E-state index contributed by atoms with van der Waals surface area (Å²) in [6, 6.07) is 5.48. The van der Waals surface area contributed by atoms with E-state index in [0.717, 1.165) is 16.2 Å². The van der Waals surface area contributed by atoms with Crippen LogP contribution in [0.2, 0.25) is 0 Å². The van der Waals surface area contributed by atoms with Crippen molar-refractivity contribution in [3.05, 3.63) is 24.3 Å². The lowest BCUT2D eigenvalue weighted by molar-refractivity contribution is -0.140. The van der Waals surface area contributed by atoms with Crippen LogP contribution in [0.25, 0.3) is 0 Å². The Kier molecular flexibility index (Phi) is 6.29. The van der Waals surface area contributed by atoms with Gasteiger partial charge in [0.2, 0.25) is 5.91 Å². The first kappa shape index (κ1) is 19.4. The molecule has 1 heterocycles. The Bertz CT molecular complexity index is 704. The molecule has 140 valence electrons. The lowest BCUT2D eigenvalue weighted by Crippen LogP contribution is -2.44. The molecule has 1 N–H and O–H groups in total. The van der Waals surface area contributed by atoms with Crippen LogP contribution >= 0.6 is 0 Å². The summed E-state index contributed by atoms with van der Waals surface area (Å²) >= 11 is 0. The maximum Gasteiger partial charge on any atom is 0.340 e. The van der Waals surface area contributed by atoms with Crippen LogP contribution in [0.1, 0.15) is 13.3 Å². The van der Waals surface area contributed by atoms with E-state index in [9.17, 15) is 19.2 Å². The number of hydrogen-bond acceptors (Lipinski definition) is 6. The highest BCUT2D eigenvalue weighted by Gasteiger charge is 2.45. The van der Waals surface area contributed by atoms with Crippen molar-refractivity contribution in [2.45, 2.75) is 13.3 Å². The van der Waals surface area contributed by atoms with Crippen LogP contribution in [0.3, 0.4) is 0 Å². The van der Waals surface area contributed by atoms with E-state index in [1.54, 1.807) is 19.2 Å². The smallest absolute Gasteiger partial charge is 0.340 e. The molecule has 2 rings (SSSR count). The van der Waals surface area contributed by atoms with Crippen LogP contribution in [0, 0.1) is 0 Å². The van der Waals surface area contributed by atoms with E-state index in [2.05, 4.69) is 5.32 Å². The Balaban J connectivity index is 2.06. The number of rotatable bonds is 8. The fraction of sp³-hybridized carbons (Fsp3) is 0.412. The second-order valence-corrected chi connectivity index (χ2v) is 5.86. The van der Waals surface area contributed by atoms with Gasteiger partial charge in [0, 0.05) is 6.54 Å². The molecule has 0 spiro atoms. The van der Waals surface area contributed by atoms with Gasteiger partial charge in [-0.15, -0.1) is 0 Å². The van der Waals surface area contributed by atoms with Crippen LogP contribution in [0.4, 0.5) is 10.5 Å². The van der Waals surface area contributed by atoms with Gasteiger partial charge in [-0.1, -0.05) is 6.92 Å². The zero-order valence-corrected chi connectivity index (χ0v) is 15.0. The Hall–Kier alpha value is -2.94. The molecule has 1 aromatic carbocycles. The number of anilines is 1. The minimum Gasteiger partial charge on any atom is -0.497 e. The minimum atomic E-state index is -0.927. The van der Waals surface area contributed by atoms with Gasteiger partial charge in [-0.25, -0.2) is 14.6 Å². The zero-order valence-electron chi connectivity index (χ0n) is 15.0. The number of carbonyl (C=O) groups is 4. The summed E-state index contributed by atoms with van der Waals surface area (Å²) in [4.78, 5) is 51.8. The van der Waals surface area contributed by atoms with Crippen molar-refractivity contribution in [2.24, 2.45) is 0 Å². The Morgan fingerprint density at radius 1 is 1.15 bits per heavy atom. The summed E-state index contributed by atoms with van der Waals surface area (Å²) in [6.45, 7) is 2.34. The third-order valence-corrected chi connectivity index (χ3v) is 3.75. The van der Waals surface area contributed by atoms with E-state index < -0.39 is 17.8 Å². The largest absolute Gasteiger partial charge is 0.497 e.